The highest BCUT2D eigenvalue weighted by molar-refractivity contribution is 7.92. The largest absolute Gasteiger partial charge is 0.465 e. The molecule has 0 radical (unpaired) electrons. The highest BCUT2D eigenvalue weighted by Crippen LogP contribution is 2.35. The van der Waals surface area contributed by atoms with Gasteiger partial charge in [-0.1, -0.05) is 35.5 Å². The molecule has 2 aromatic carbocycles. The molecule has 0 aliphatic rings. The smallest absolute Gasteiger partial charge is 0.425 e. The van der Waals surface area contributed by atoms with Gasteiger partial charge in [-0.2, -0.15) is 4.90 Å². The van der Waals surface area contributed by atoms with Crippen LogP contribution in [0.3, 0.4) is 0 Å². The van der Waals surface area contributed by atoms with Crippen LogP contribution in [-0.2, 0) is 25.9 Å². The van der Waals surface area contributed by atoms with E-state index in [4.69, 9.17) is 19.0 Å². The first kappa shape index (κ1) is 38.5. The molecule has 51 heavy (non-hydrogen) atoms. The van der Waals surface area contributed by atoms with E-state index in [9.17, 15) is 27.9 Å². The second kappa shape index (κ2) is 14.5. The Bertz CT molecular complexity index is 2020. The summed E-state index contributed by atoms with van der Waals surface area (Å²) in [4.78, 5) is 49.7. The van der Waals surface area contributed by atoms with Gasteiger partial charge in [0, 0.05) is 30.8 Å². The van der Waals surface area contributed by atoms with E-state index in [1.165, 1.54) is 25.4 Å². The first-order valence-corrected chi connectivity index (χ1v) is 17.6. The molecule has 15 heteroatoms. The van der Waals surface area contributed by atoms with E-state index in [1.807, 2.05) is 13.0 Å². The van der Waals surface area contributed by atoms with Gasteiger partial charge in [0.25, 0.3) is 0 Å². The minimum atomic E-state index is -3.53. The lowest BCUT2D eigenvalue weighted by Crippen LogP contribution is -2.44. The number of nitrogens with zero attached hydrogens (tertiary/aromatic N) is 5. The maximum atomic E-state index is 13.6. The van der Waals surface area contributed by atoms with E-state index >= 15 is 0 Å². The van der Waals surface area contributed by atoms with Crippen LogP contribution in [0.1, 0.15) is 66.5 Å². The molecule has 0 fully saturated rings. The second-order valence-electron chi connectivity index (χ2n) is 14.2. The molecular formula is C36H43N5O9S. The van der Waals surface area contributed by atoms with Crippen molar-refractivity contribution in [1.82, 2.24) is 20.0 Å². The van der Waals surface area contributed by atoms with Crippen LogP contribution in [0.15, 0.2) is 64.1 Å². The van der Waals surface area contributed by atoms with E-state index < -0.39 is 44.6 Å². The first-order valence-electron chi connectivity index (χ1n) is 16.1. The van der Waals surface area contributed by atoms with Crippen molar-refractivity contribution in [3.8, 4) is 34.0 Å². The molecule has 14 nitrogen and oxygen atoms in total. The van der Waals surface area contributed by atoms with Crippen molar-refractivity contribution >= 4 is 33.9 Å². The normalized spacial score (nSPS) is 12.1. The van der Waals surface area contributed by atoms with Gasteiger partial charge in [0.1, 0.15) is 16.9 Å². The summed E-state index contributed by atoms with van der Waals surface area (Å²) in [6.07, 6.45) is -1.86. The molecule has 4 rings (SSSR count). The molecule has 3 amide bonds. The van der Waals surface area contributed by atoms with Crippen LogP contribution in [0, 0.1) is 6.92 Å². The van der Waals surface area contributed by atoms with E-state index in [-0.39, 0.29) is 34.4 Å². The summed E-state index contributed by atoms with van der Waals surface area (Å²) in [6.45, 7) is 15.1. The lowest BCUT2D eigenvalue weighted by atomic mass is 10.0. The molecule has 0 aliphatic carbocycles. The van der Waals surface area contributed by atoms with Crippen molar-refractivity contribution in [2.45, 2.75) is 90.2 Å². The summed E-state index contributed by atoms with van der Waals surface area (Å²) in [5, 5.41) is 12.9. The number of benzene rings is 2. The van der Waals surface area contributed by atoms with E-state index in [0.717, 1.165) is 16.0 Å². The van der Waals surface area contributed by atoms with Crippen molar-refractivity contribution in [2.24, 2.45) is 0 Å². The van der Waals surface area contributed by atoms with Gasteiger partial charge in [-0.15, -0.1) is 0 Å². The van der Waals surface area contributed by atoms with Crippen LogP contribution in [0.4, 0.5) is 20.2 Å². The number of hydrogen-bond acceptors (Lipinski definition) is 11. The number of aryl methyl sites for hydroxylation is 1. The quantitative estimate of drug-likeness (QED) is 0.187. The van der Waals surface area contributed by atoms with Gasteiger partial charge in [-0.25, -0.2) is 32.8 Å². The van der Waals surface area contributed by atoms with Gasteiger partial charge in [-0.3, -0.25) is 0 Å². The molecule has 2 aromatic heterocycles. The molecule has 0 saturated heterocycles. The third kappa shape index (κ3) is 9.28. The molecule has 0 atom stereocenters. The molecule has 1 N–H and O–H groups in total. The number of carboxylic acid groups (broad SMARTS) is 1. The zero-order valence-electron chi connectivity index (χ0n) is 30.3. The van der Waals surface area contributed by atoms with E-state index in [1.54, 1.807) is 85.7 Å². The molecular weight excluding hydrogens is 678 g/mol. The molecule has 0 bridgehead atoms. The molecule has 4 aromatic rings. The SMILES string of the molecule is Cc1cc(CN(C)C(=O)O)ccc1-c1cc(-c2nc(-c3ccc(S(=O)(=O)C(C)C)cc3)cnc2N(C(=O)OC(C)(C)C)C(=O)OC(C)(C)C)on1. The standard InChI is InChI=1S/C36H43N5O9S/c1-21(2)51(46,47)25-14-12-24(13-15-25)28-19-37-31(41(33(44)48-35(4,5)6)34(45)49-36(7,8)9)30(38-28)29-18-27(39-50-29)26-16-11-23(17-22(26)3)20-40(10)32(42)43/h11-19,21H,20H2,1-10H3,(H,42,43). The van der Waals surface area contributed by atoms with Gasteiger partial charge in [0.2, 0.25) is 0 Å². The molecule has 0 spiro atoms. The zero-order valence-corrected chi connectivity index (χ0v) is 31.2. The van der Waals surface area contributed by atoms with Crippen molar-refractivity contribution in [2.75, 3.05) is 11.9 Å². The molecule has 272 valence electrons. The van der Waals surface area contributed by atoms with Gasteiger partial charge in [0.15, 0.2) is 27.1 Å². The topological polar surface area (TPSA) is 182 Å². The lowest BCUT2D eigenvalue weighted by Gasteiger charge is -2.28. The minimum absolute atomic E-state index is 0.0413. The summed E-state index contributed by atoms with van der Waals surface area (Å²) >= 11 is 0. The summed E-state index contributed by atoms with van der Waals surface area (Å²) < 4.78 is 42.4. The highest BCUT2D eigenvalue weighted by atomic mass is 32.2. The average Bonchev–Trinajstić information content (AvgIpc) is 3.49. The van der Waals surface area contributed by atoms with Crippen LogP contribution in [0.5, 0.6) is 0 Å². The number of amides is 3. The summed E-state index contributed by atoms with van der Waals surface area (Å²) in [6, 6.07) is 13.1. The number of rotatable bonds is 8. The number of imide groups is 1. The van der Waals surface area contributed by atoms with Gasteiger partial charge < -0.3 is 24.0 Å². The Morgan fingerprint density at radius 2 is 1.49 bits per heavy atom. The zero-order chi connectivity index (χ0) is 38.1. The Morgan fingerprint density at radius 3 is 2.00 bits per heavy atom. The van der Waals surface area contributed by atoms with Crippen LogP contribution < -0.4 is 4.90 Å². The Hall–Kier alpha value is -5.31. The van der Waals surface area contributed by atoms with E-state index in [2.05, 4.69) is 10.1 Å². The van der Waals surface area contributed by atoms with Crippen molar-refractivity contribution in [3.63, 3.8) is 0 Å². The Balaban J connectivity index is 1.88. The Labute approximate surface area is 297 Å². The maximum absolute atomic E-state index is 13.6. The lowest BCUT2D eigenvalue weighted by molar-refractivity contribution is 0.0428. The van der Waals surface area contributed by atoms with Gasteiger partial charge in [-0.05, 0) is 85.6 Å². The predicted octanol–water partition coefficient (Wildman–Crippen LogP) is 7.74. The second-order valence-corrected chi connectivity index (χ2v) is 16.7. The number of carbonyl (C=O) groups excluding carboxylic acids is 2. The first-order chi connectivity index (χ1) is 23.6. The monoisotopic (exact) mass is 721 g/mol. The van der Waals surface area contributed by atoms with Crippen LogP contribution in [0.2, 0.25) is 0 Å². The molecule has 0 aliphatic heterocycles. The average molecular weight is 722 g/mol. The summed E-state index contributed by atoms with van der Waals surface area (Å²) in [5.74, 6) is -0.215. The van der Waals surface area contributed by atoms with Crippen molar-refractivity contribution in [3.05, 3.63) is 65.9 Å². The third-order valence-electron chi connectivity index (χ3n) is 7.27. The van der Waals surface area contributed by atoms with Crippen LogP contribution in [-0.4, -0.2) is 75.3 Å². The number of carbonyl (C=O) groups is 3. The highest BCUT2D eigenvalue weighted by Gasteiger charge is 2.37. The Kier molecular flexibility index (Phi) is 10.9. The minimum Gasteiger partial charge on any atom is -0.465 e. The van der Waals surface area contributed by atoms with Crippen LogP contribution in [0.25, 0.3) is 34.0 Å². The molecule has 0 saturated carbocycles. The Morgan fingerprint density at radius 1 is 0.902 bits per heavy atom. The maximum Gasteiger partial charge on any atom is 0.425 e. The number of ether oxygens (including phenoxy) is 2. The summed E-state index contributed by atoms with van der Waals surface area (Å²) in [7, 11) is -2.06. The molecule has 0 unspecified atom stereocenters. The van der Waals surface area contributed by atoms with E-state index in [0.29, 0.717) is 21.7 Å². The fraction of sp³-hybridized carbons (Fsp3) is 0.389. The van der Waals surface area contributed by atoms with Crippen molar-refractivity contribution < 1.29 is 41.9 Å². The van der Waals surface area contributed by atoms with Gasteiger partial charge >= 0.3 is 18.3 Å². The fourth-order valence-corrected chi connectivity index (χ4v) is 5.83. The predicted molar refractivity (Wildman–Crippen MR) is 190 cm³/mol. The number of hydrogen-bond donors (Lipinski definition) is 1. The van der Waals surface area contributed by atoms with Crippen molar-refractivity contribution in [1.29, 1.82) is 0 Å². The fourth-order valence-electron chi connectivity index (χ4n) is 4.77. The van der Waals surface area contributed by atoms with Gasteiger partial charge in [0.05, 0.1) is 22.0 Å². The number of aromatic nitrogens is 3. The number of anilines is 1. The summed E-state index contributed by atoms with van der Waals surface area (Å²) in [5.41, 5.74) is 1.34. The van der Waals surface area contributed by atoms with Crippen LogP contribution >= 0.6 is 0 Å². The number of sulfone groups is 1. The molecule has 2 heterocycles. The third-order valence-corrected chi connectivity index (χ3v) is 9.44.